The first-order valence-electron chi connectivity index (χ1n) is 6.62. The van der Waals surface area contributed by atoms with Crippen molar-refractivity contribution in [2.75, 3.05) is 6.54 Å². The molecule has 3 rings (SSSR count). The average Bonchev–Trinajstić information content (AvgIpc) is 2.48. The van der Waals surface area contributed by atoms with Crippen LogP contribution in [-0.2, 0) is 6.42 Å². The Labute approximate surface area is 117 Å². The summed E-state index contributed by atoms with van der Waals surface area (Å²) in [7, 11) is 0. The van der Waals surface area contributed by atoms with Gasteiger partial charge in [-0.2, -0.15) is 0 Å². The monoisotopic (exact) mass is 266 g/mol. The van der Waals surface area contributed by atoms with Crippen LogP contribution in [0.2, 0.25) is 0 Å². The Morgan fingerprint density at radius 2 is 1.85 bits per heavy atom. The minimum Gasteiger partial charge on any atom is -0.330 e. The molecule has 0 spiro atoms. The van der Waals surface area contributed by atoms with E-state index in [1.807, 2.05) is 36.5 Å². The number of aromatic nitrogens is 1. The van der Waals surface area contributed by atoms with Crippen molar-refractivity contribution in [3.63, 3.8) is 0 Å². The normalized spacial score (nSPS) is 10.9. The smallest absolute Gasteiger partial charge is 0.123 e. The van der Waals surface area contributed by atoms with Crippen LogP contribution in [0.5, 0.6) is 0 Å². The third-order valence-electron chi connectivity index (χ3n) is 3.38. The molecule has 0 bridgehead atoms. The third-order valence-corrected chi connectivity index (χ3v) is 3.38. The van der Waals surface area contributed by atoms with Crippen molar-refractivity contribution in [2.45, 2.75) is 6.42 Å². The highest BCUT2D eigenvalue weighted by molar-refractivity contribution is 5.96. The predicted octanol–water partition coefficient (Wildman–Crippen LogP) is 3.54. The summed E-state index contributed by atoms with van der Waals surface area (Å²) in [5.74, 6) is -0.249. The predicted molar refractivity (Wildman–Crippen MR) is 79.9 cm³/mol. The molecule has 2 aromatic carbocycles. The number of hydrogen-bond donors (Lipinski definition) is 1. The molecule has 0 amide bonds. The number of hydrogen-bond acceptors (Lipinski definition) is 2. The number of pyridine rings is 1. The van der Waals surface area contributed by atoms with Gasteiger partial charge in [-0.05, 0) is 47.9 Å². The highest BCUT2D eigenvalue weighted by atomic mass is 19.1. The van der Waals surface area contributed by atoms with Gasteiger partial charge in [0, 0.05) is 11.6 Å². The van der Waals surface area contributed by atoms with E-state index in [4.69, 9.17) is 5.73 Å². The third kappa shape index (κ3) is 2.28. The van der Waals surface area contributed by atoms with Crippen LogP contribution < -0.4 is 5.73 Å². The van der Waals surface area contributed by atoms with Crippen molar-refractivity contribution >= 4 is 10.9 Å². The first kappa shape index (κ1) is 12.8. The molecular weight excluding hydrogens is 251 g/mol. The highest BCUT2D eigenvalue weighted by Crippen LogP contribution is 2.31. The Balaban J connectivity index is 2.34. The van der Waals surface area contributed by atoms with Gasteiger partial charge in [0.2, 0.25) is 0 Å². The molecule has 100 valence electrons. The molecule has 0 aliphatic rings. The van der Waals surface area contributed by atoms with Gasteiger partial charge in [-0.25, -0.2) is 4.39 Å². The zero-order chi connectivity index (χ0) is 13.9. The summed E-state index contributed by atoms with van der Waals surface area (Å²) in [6.45, 7) is 0.544. The summed E-state index contributed by atoms with van der Waals surface area (Å²) in [6, 6.07) is 14.7. The van der Waals surface area contributed by atoms with Crippen LogP contribution in [0.4, 0.5) is 4.39 Å². The fraction of sp³-hybridized carbons (Fsp3) is 0.118. The summed E-state index contributed by atoms with van der Waals surface area (Å²) >= 11 is 0. The SMILES string of the molecule is NCCc1cnc2ccc(F)cc2c1-c1ccccc1. The van der Waals surface area contributed by atoms with Crippen molar-refractivity contribution in [2.24, 2.45) is 5.73 Å². The molecule has 0 radical (unpaired) electrons. The molecule has 2 nitrogen and oxygen atoms in total. The van der Waals surface area contributed by atoms with Crippen molar-refractivity contribution < 1.29 is 4.39 Å². The molecule has 2 N–H and O–H groups in total. The van der Waals surface area contributed by atoms with Crippen molar-refractivity contribution in [3.05, 3.63) is 66.1 Å². The Morgan fingerprint density at radius 1 is 1.05 bits per heavy atom. The molecule has 1 heterocycles. The second-order valence-corrected chi connectivity index (χ2v) is 4.72. The van der Waals surface area contributed by atoms with E-state index in [-0.39, 0.29) is 5.82 Å². The van der Waals surface area contributed by atoms with Gasteiger partial charge >= 0.3 is 0 Å². The number of rotatable bonds is 3. The van der Waals surface area contributed by atoms with Crippen molar-refractivity contribution in [1.82, 2.24) is 4.98 Å². The van der Waals surface area contributed by atoms with Crippen LogP contribution in [0, 0.1) is 5.82 Å². The Bertz CT molecular complexity index is 739. The van der Waals surface area contributed by atoms with Crippen LogP contribution >= 0.6 is 0 Å². The second-order valence-electron chi connectivity index (χ2n) is 4.72. The van der Waals surface area contributed by atoms with Crippen molar-refractivity contribution in [3.8, 4) is 11.1 Å². The second kappa shape index (κ2) is 5.39. The quantitative estimate of drug-likeness (QED) is 0.787. The van der Waals surface area contributed by atoms with Gasteiger partial charge in [0.05, 0.1) is 5.52 Å². The molecule has 0 saturated carbocycles. The summed E-state index contributed by atoms with van der Waals surface area (Å²) < 4.78 is 13.6. The van der Waals surface area contributed by atoms with Gasteiger partial charge in [-0.15, -0.1) is 0 Å². The summed E-state index contributed by atoms with van der Waals surface area (Å²) in [5.41, 5.74) is 9.62. The zero-order valence-electron chi connectivity index (χ0n) is 11.0. The van der Waals surface area contributed by atoms with Gasteiger partial charge in [0.1, 0.15) is 5.82 Å². The van der Waals surface area contributed by atoms with E-state index in [2.05, 4.69) is 4.98 Å². The van der Waals surface area contributed by atoms with E-state index in [1.54, 1.807) is 12.1 Å². The van der Waals surface area contributed by atoms with E-state index < -0.39 is 0 Å². The van der Waals surface area contributed by atoms with Crippen LogP contribution in [0.15, 0.2) is 54.7 Å². The van der Waals surface area contributed by atoms with Gasteiger partial charge in [-0.1, -0.05) is 30.3 Å². The minimum absolute atomic E-state index is 0.249. The van der Waals surface area contributed by atoms with E-state index in [1.165, 1.54) is 6.07 Å². The van der Waals surface area contributed by atoms with E-state index in [0.29, 0.717) is 6.54 Å². The molecule has 1 aromatic heterocycles. The number of nitrogens with zero attached hydrogens (tertiary/aromatic N) is 1. The highest BCUT2D eigenvalue weighted by Gasteiger charge is 2.11. The maximum atomic E-state index is 13.6. The molecule has 0 fully saturated rings. The molecule has 0 unspecified atom stereocenters. The standard InChI is InChI=1S/C17H15FN2/c18-14-6-7-16-15(10-14)17(12-4-2-1-3-5-12)13(8-9-19)11-20-16/h1-7,10-11H,8-9,19H2. The lowest BCUT2D eigenvalue weighted by molar-refractivity contribution is 0.629. The van der Waals surface area contributed by atoms with Gasteiger partial charge in [0.25, 0.3) is 0 Å². The molecule has 3 heteroatoms. The van der Waals surface area contributed by atoms with Crippen LogP contribution in [0.3, 0.4) is 0 Å². The number of benzene rings is 2. The average molecular weight is 266 g/mol. The summed E-state index contributed by atoms with van der Waals surface area (Å²) in [5, 5.41) is 0.835. The minimum atomic E-state index is -0.249. The fourth-order valence-corrected chi connectivity index (χ4v) is 2.50. The number of halogens is 1. The molecule has 0 saturated heterocycles. The lowest BCUT2D eigenvalue weighted by atomic mass is 9.95. The molecule has 3 aromatic rings. The van der Waals surface area contributed by atoms with E-state index in [9.17, 15) is 4.39 Å². The molecular formula is C17H15FN2. The van der Waals surface area contributed by atoms with Crippen molar-refractivity contribution in [1.29, 1.82) is 0 Å². The zero-order valence-corrected chi connectivity index (χ0v) is 11.0. The lowest BCUT2D eigenvalue weighted by Crippen LogP contribution is -2.05. The van der Waals surface area contributed by atoms with E-state index in [0.717, 1.165) is 34.0 Å². The van der Waals surface area contributed by atoms with Gasteiger partial charge < -0.3 is 5.73 Å². The van der Waals surface area contributed by atoms with Crippen LogP contribution in [-0.4, -0.2) is 11.5 Å². The summed E-state index contributed by atoms with van der Waals surface area (Å²) in [6.07, 6.45) is 2.57. The Kier molecular flexibility index (Phi) is 3.44. The Hall–Kier alpha value is -2.26. The first-order chi connectivity index (χ1) is 9.79. The fourth-order valence-electron chi connectivity index (χ4n) is 2.50. The largest absolute Gasteiger partial charge is 0.330 e. The summed E-state index contributed by atoms with van der Waals surface area (Å²) in [4.78, 5) is 4.40. The molecule has 20 heavy (non-hydrogen) atoms. The topological polar surface area (TPSA) is 38.9 Å². The molecule has 0 aliphatic heterocycles. The van der Waals surface area contributed by atoms with Crippen LogP contribution in [0.25, 0.3) is 22.0 Å². The molecule has 0 aliphatic carbocycles. The number of nitrogens with two attached hydrogens (primary N) is 1. The molecule has 0 atom stereocenters. The van der Waals surface area contributed by atoms with E-state index >= 15 is 0 Å². The maximum Gasteiger partial charge on any atom is 0.123 e. The van der Waals surface area contributed by atoms with Gasteiger partial charge in [-0.3, -0.25) is 4.98 Å². The van der Waals surface area contributed by atoms with Gasteiger partial charge in [0.15, 0.2) is 0 Å². The Morgan fingerprint density at radius 3 is 2.60 bits per heavy atom. The first-order valence-corrected chi connectivity index (χ1v) is 6.62. The van der Waals surface area contributed by atoms with Crippen LogP contribution in [0.1, 0.15) is 5.56 Å². The maximum absolute atomic E-state index is 13.6. The lowest BCUT2D eigenvalue weighted by Gasteiger charge is -2.12. The number of fused-ring (bicyclic) bond motifs is 1.